The van der Waals surface area contributed by atoms with Gasteiger partial charge in [0.25, 0.3) is 5.91 Å². The molecule has 0 aliphatic carbocycles. The summed E-state index contributed by atoms with van der Waals surface area (Å²) in [4.78, 5) is 33.4. The number of hydrogen-bond acceptors (Lipinski definition) is 7. The molecule has 128 valence electrons. The number of nitrogens with zero attached hydrogens (tertiary/aromatic N) is 4. The van der Waals surface area contributed by atoms with Gasteiger partial charge in [0, 0.05) is 36.4 Å². The van der Waals surface area contributed by atoms with Crippen molar-refractivity contribution < 1.29 is 9.59 Å². The Bertz CT molecular complexity index is 855. The fourth-order valence-electron chi connectivity index (χ4n) is 2.56. The van der Waals surface area contributed by atoms with Crippen molar-refractivity contribution in [2.45, 2.75) is 19.4 Å². The minimum atomic E-state index is -0.880. The molecule has 2 N–H and O–H groups in total. The van der Waals surface area contributed by atoms with E-state index in [9.17, 15) is 14.9 Å². The third kappa shape index (κ3) is 3.04. The van der Waals surface area contributed by atoms with Gasteiger partial charge in [0.1, 0.15) is 16.6 Å². The molecule has 0 unspecified atom stereocenters. The molecular formula is C16H16N6O2S. The molecule has 0 bridgehead atoms. The van der Waals surface area contributed by atoms with Crippen molar-refractivity contribution in [1.82, 2.24) is 20.2 Å². The van der Waals surface area contributed by atoms with Gasteiger partial charge in [-0.25, -0.2) is 14.8 Å². The Labute approximate surface area is 148 Å². The van der Waals surface area contributed by atoms with Crippen LogP contribution in [0.2, 0.25) is 0 Å². The van der Waals surface area contributed by atoms with E-state index in [4.69, 9.17) is 0 Å². The highest BCUT2D eigenvalue weighted by Crippen LogP contribution is 2.33. The summed E-state index contributed by atoms with van der Waals surface area (Å²) in [6.07, 6.45) is 3.25. The molecule has 1 fully saturated rings. The zero-order valence-corrected chi connectivity index (χ0v) is 14.6. The van der Waals surface area contributed by atoms with Crippen LogP contribution in [0.4, 0.5) is 9.80 Å². The maximum atomic E-state index is 11.9. The summed E-state index contributed by atoms with van der Waals surface area (Å²) < 4.78 is 0. The van der Waals surface area contributed by atoms with Gasteiger partial charge in [-0.3, -0.25) is 10.1 Å². The molecule has 1 saturated heterocycles. The first-order valence-electron chi connectivity index (χ1n) is 7.61. The fourth-order valence-corrected chi connectivity index (χ4v) is 3.48. The van der Waals surface area contributed by atoms with Crippen LogP contribution in [0.5, 0.6) is 0 Å². The number of hydrogen-bond donors (Lipinski definition) is 2. The van der Waals surface area contributed by atoms with E-state index in [0.29, 0.717) is 35.0 Å². The lowest BCUT2D eigenvalue weighted by Gasteiger charge is -2.27. The molecule has 1 aliphatic rings. The van der Waals surface area contributed by atoms with Crippen molar-refractivity contribution in [3.8, 4) is 17.5 Å². The second kappa shape index (κ2) is 6.49. The number of carbonyl (C=O) groups excluding carboxylic acids is 2. The number of thiophene rings is 1. The van der Waals surface area contributed by atoms with E-state index >= 15 is 0 Å². The van der Waals surface area contributed by atoms with Crippen molar-refractivity contribution >= 4 is 28.3 Å². The highest BCUT2D eigenvalue weighted by Gasteiger charge is 2.45. The molecule has 0 spiro atoms. The summed E-state index contributed by atoms with van der Waals surface area (Å²) in [5.74, 6) is 0.184. The largest absolute Gasteiger partial charge is 0.374 e. The van der Waals surface area contributed by atoms with Crippen molar-refractivity contribution in [1.29, 1.82) is 5.26 Å². The third-order valence-corrected chi connectivity index (χ3v) is 4.96. The van der Waals surface area contributed by atoms with Gasteiger partial charge in [0.15, 0.2) is 5.82 Å². The van der Waals surface area contributed by atoms with Crippen LogP contribution in [0.15, 0.2) is 23.8 Å². The summed E-state index contributed by atoms with van der Waals surface area (Å²) in [7, 11) is 0. The van der Waals surface area contributed by atoms with Crippen molar-refractivity contribution in [2.24, 2.45) is 0 Å². The first-order chi connectivity index (χ1) is 11.9. The van der Waals surface area contributed by atoms with Gasteiger partial charge < -0.3 is 10.2 Å². The van der Waals surface area contributed by atoms with E-state index in [0.717, 1.165) is 0 Å². The first kappa shape index (κ1) is 16.9. The molecule has 3 amide bonds. The SMILES string of the molecule is CC1(C)C(=O)NC(=O)N1CCNc1scc(-c2ncccn2)c1C#N. The highest BCUT2D eigenvalue weighted by molar-refractivity contribution is 7.14. The van der Waals surface area contributed by atoms with E-state index in [2.05, 4.69) is 26.7 Å². The average Bonchev–Trinajstić information content (AvgIpc) is 3.09. The lowest BCUT2D eigenvalue weighted by atomic mass is 10.0. The smallest absolute Gasteiger partial charge is 0.325 e. The number of nitriles is 1. The van der Waals surface area contributed by atoms with E-state index in [-0.39, 0.29) is 5.91 Å². The van der Waals surface area contributed by atoms with Crippen LogP contribution in [0.1, 0.15) is 19.4 Å². The van der Waals surface area contributed by atoms with E-state index in [1.807, 2.05) is 5.38 Å². The van der Waals surface area contributed by atoms with E-state index in [1.54, 1.807) is 32.3 Å². The minimum Gasteiger partial charge on any atom is -0.374 e. The molecule has 25 heavy (non-hydrogen) atoms. The monoisotopic (exact) mass is 356 g/mol. The summed E-state index contributed by atoms with van der Waals surface area (Å²) in [6, 6.07) is 3.49. The van der Waals surface area contributed by atoms with Crippen LogP contribution in [-0.2, 0) is 4.79 Å². The van der Waals surface area contributed by atoms with Crippen LogP contribution in [0, 0.1) is 11.3 Å². The van der Waals surface area contributed by atoms with Crippen LogP contribution in [-0.4, -0.2) is 45.4 Å². The lowest BCUT2D eigenvalue weighted by Crippen LogP contribution is -2.46. The molecule has 2 aromatic rings. The maximum absolute atomic E-state index is 11.9. The van der Waals surface area contributed by atoms with Crippen molar-refractivity contribution in [3.05, 3.63) is 29.4 Å². The van der Waals surface area contributed by atoms with E-state index in [1.165, 1.54) is 16.2 Å². The summed E-state index contributed by atoms with van der Waals surface area (Å²) in [5, 5.41) is 17.4. The average molecular weight is 356 g/mol. The van der Waals surface area contributed by atoms with Crippen molar-refractivity contribution in [3.63, 3.8) is 0 Å². The lowest BCUT2D eigenvalue weighted by molar-refractivity contribution is -0.125. The Morgan fingerprint density at radius 3 is 2.68 bits per heavy atom. The van der Waals surface area contributed by atoms with Crippen LogP contribution < -0.4 is 10.6 Å². The number of nitrogens with one attached hydrogen (secondary N) is 2. The van der Waals surface area contributed by atoms with Gasteiger partial charge in [0.2, 0.25) is 0 Å². The minimum absolute atomic E-state index is 0.310. The Hall–Kier alpha value is -2.99. The van der Waals surface area contributed by atoms with E-state index < -0.39 is 11.6 Å². The first-order valence-corrected chi connectivity index (χ1v) is 8.49. The van der Waals surface area contributed by atoms with Gasteiger partial charge in [-0.05, 0) is 19.9 Å². The molecular weight excluding hydrogens is 340 g/mol. The Morgan fingerprint density at radius 2 is 2.08 bits per heavy atom. The molecule has 0 saturated carbocycles. The van der Waals surface area contributed by atoms with Gasteiger partial charge in [-0.1, -0.05) is 0 Å². The highest BCUT2D eigenvalue weighted by atomic mass is 32.1. The number of rotatable bonds is 5. The molecule has 8 nitrogen and oxygen atoms in total. The summed E-state index contributed by atoms with van der Waals surface area (Å²) in [6.45, 7) is 4.15. The molecule has 3 rings (SSSR count). The Balaban J connectivity index is 1.71. The number of carbonyl (C=O) groups is 2. The molecule has 1 aliphatic heterocycles. The molecule has 3 heterocycles. The zero-order chi connectivity index (χ0) is 18.0. The zero-order valence-electron chi connectivity index (χ0n) is 13.7. The van der Waals surface area contributed by atoms with Gasteiger partial charge in [0.05, 0.1) is 5.56 Å². The van der Waals surface area contributed by atoms with Gasteiger partial charge in [-0.2, -0.15) is 5.26 Å². The molecule has 0 radical (unpaired) electrons. The standard InChI is InChI=1S/C16H16N6O2S/c1-16(2)14(23)21-15(24)22(16)7-6-20-13-10(8-17)11(9-25-13)12-18-4-3-5-19-12/h3-5,9,20H,6-7H2,1-2H3,(H,21,23,24). The summed E-state index contributed by atoms with van der Waals surface area (Å²) >= 11 is 1.38. The molecule has 0 atom stereocenters. The summed E-state index contributed by atoms with van der Waals surface area (Å²) in [5.41, 5.74) is 0.261. The topological polar surface area (TPSA) is 111 Å². The fraction of sp³-hybridized carbons (Fsp3) is 0.312. The Morgan fingerprint density at radius 1 is 1.36 bits per heavy atom. The molecule has 2 aromatic heterocycles. The maximum Gasteiger partial charge on any atom is 0.325 e. The van der Waals surface area contributed by atoms with Crippen LogP contribution >= 0.6 is 11.3 Å². The Kier molecular flexibility index (Phi) is 4.37. The number of anilines is 1. The second-order valence-corrected chi connectivity index (χ2v) is 6.81. The number of aromatic nitrogens is 2. The van der Waals surface area contributed by atoms with Gasteiger partial charge in [-0.15, -0.1) is 11.3 Å². The molecule has 9 heteroatoms. The normalized spacial score (nSPS) is 15.8. The number of urea groups is 1. The second-order valence-electron chi connectivity index (χ2n) is 5.93. The predicted molar refractivity (Wildman–Crippen MR) is 92.9 cm³/mol. The van der Waals surface area contributed by atoms with Gasteiger partial charge >= 0.3 is 6.03 Å². The molecule has 0 aromatic carbocycles. The van der Waals surface area contributed by atoms with Crippen LogP contribution in [0.25, 0.3) is 11.4 Å². The van der Waals surface area contributed by atoms with Crippen molar-refractivity contribution in [2.75, 3.05) is 18.4 Å². The number of imide groups is 1. The third-order valence-electron chi connectivity index (χ3n) is 4.03. The predicted octanol–water partition coefficient (Wildman–Crippen LogP) is 1.82. The van der Waals surface area contributed by atoms with Crippen LogP contribution in [0.3, 0.4) is 0 Å². The number of amides is 3. The quantitative estimate of drug-likeness (QED) is 0.791.